The first-order chi connectivity index (χ1) is 14.9. The highest BCUT2D eigenvalue weighted by Crippen LogP contribution is 2.25. The second-order valence-electron chi connectivity index (χ2n) is 7.03. The largest absolute Gasteiger partial charge is 0.349 e. The average molecular weight is 473 g/mol. The number of hydrogen-bond acceptors (Lipinski definition) is 3. The summed E-state index contributed by atoms with van der Waals surface area (Å²) >= 11 is 13.7. The van der Waals surface area contributed by atoms with Gasteiger partial charge in [0.1, 0.15) is 0 Å². The van der Waals surface area contributed by atoms with E-state index in [1.54, 1.807) is 30.0 Å². The van der Waals surface area contributed by atoms with Crippen molar-refractivity contribution in [2.45, 2.75) is 24.3 Å². The summed E-state index contributed by atoms with van der Waals surface area (Å²) in [5, 5.41) is 6.46. The van der Waals surface area contributed by atoms with Crippen LogP contribution < -0.4 is 10.6 Å². The molecule has 0 fully saturated rings. The van der Waals surface area contributed by atoms with Gasteiger partial charge in [0, 0.05) is 16.6 Å². The molecule has 0 spiro atoms. The zero-order valence-corrected chi connectivity index (χ0v) is 19.4. The van der Waals surface area contributed by atoms with Crippen LogP contribution in [0.2, 0.25) is 10.0 Å². The minimum Gasteiger partial charge on any atom is -0.349 e. The van der Waals surface area contributed by atoms with E-state index in [0.717, 1.165) is 10.5 Å². The Morgan fingerprint density at radius 2 is 1.55 bits per heavy atom. The molecule has 0 aliphatic rings. The zero-order valence-electron chi connectivity index (χ0n) is 17.1. The molecule has 1 unspecified atom stereocenters. The van der Waals surface area contributed by atoms with Gasteiger partial charge in [-0.3, -0.25) is 9.59 Å². The molecule has 0 aliphatic carbocycles. The number of benzene rings is 3. The van der Waals surface area contributed by atoms with Crippen LogP contribution in [-0.2, 0) is 6.42 Å². The number of rotatable bonds is 7. The third-order valence-corrected chi connectivity index (χ3v) is 6.10. The summed E-state index contributed by atoms with van der Waals surface area (Å²) in [5.41, 5.74) is 2.60. The Labute approximate surface area is 196 Å². The van der Waals surface area contributed by atoms with Crippen molar-refractivity contribution >= 4 is 52.5 Å². The molecule has 0 bridgehead atoms. The maximum atomic E-state index is 12.6. The Hall–Kier alpha value is -2.47. The molecule has 2 N–H and O–H groups in total. The second kappa shape index (κ2) is 10.7. The fourth-order valence-electron chi connectivity index (χ4n) is 3.17. The molecule has 0 heterocycles. The Balaban J connectivity index is 1.60. The first kappa shape index (κ1) is 23.2. The number of amides is 2. The topological polar surface area (TPSA) is 58.2 Å². The molecule has 0 saturated heterocycles. The summed E-state index contributed by atoms with van der Waals surface area (Å²) in [6, 6.07) is 19.9. The van der Waals surface area contributed by atoms with E-state index in [1.165, 1.54) is 0 Å². The lowest BCUT2D eigenvalue weighted by Gasteiger charge is -2.16. The first-order valence-corrected chi connectivity index (χ1v) is 11.6. The maximum absolute atomic E-state index is 12.6. The Morgan fingerprint density at radius 3 is 2.19 bits per heavy atom. The minimum atomic E-state index is -0.364. The molecule has 3 aromatic carbocycles. The van der Waals surface area contributed by atoms with Gasteiger partial charge < -0.3 is 10.6 Å². The van der Waals surface area contributed by atoms with Crippen molar-refractivity contribution in [3.63, 3.8) is 0 Å². The van der Waals surface area contributed by atoms with E-state index in [2.05, 4.69) is 10.6 Å². The summed E-state index contributed by atoms with van der Waals surface area (Å²) in [6.45, 7) is 1.97. The van der Waals surface area contributed by atoms with E-state index < -0.39 is 0 Å². The van der Waals surface area contributed by atoms with Gasteiger partial charge in [0.05, 0.1) is 21.2 Å². The fourth-order valence-corrected chi connectivity index (χ4v) is 4.34. The molecule has 0 radical (unpaired) electrons. The van der Waals surface area contributed by atoms with E-state index >= 15 is 0 Å². The molecule has 4 nitrogen and oxygen atoms in total. The standard InChI is InChI=1S/C24H22Cl2N2O2S/c1-15(27-23(29)18-6-3-4-9-21(18)31-2)14-16-10-12-17(13-11-16)28-24(30)22-19(25)7-5-8-20(22)26/h3-13,15H,14H2,1-2H3,(H,27,29)(H,28,30). The predicted octanol–water partition coefficient (Wildman–Crippen LogP) is 6.33. The third-order valence-electron chi connectivity index (χ3n) is 4.67. The van der Waals surface area contributed by atoms with Crippen LogP contribution in [0, 0.1) is 0 Å². The highest BCUT2D eigenvalue weighted by atomic mass is 35.5. The fraction of sp³-hybridized carbons (Fsp3) is 0.167. The van der Waals surface area contributed by atoms with Gasteiger partial charge in [0.15, 0.2) is 0 Å². The number of nitrogens with one attached hydrogen (secondary N) is 2. The monoisotopic (exact) mass is 472 g/mol. The average Bonchev–Trinajstić information content (AvgIpc) is 2.75. The SMILES string of the molecule is CSc1ccccc1C(=O)NC(C)Cc1ccc(NC(=O)c2c(Cl)cccc2Cl)cc1. The van der Waals surface area contributed by atoms with Gasteiger partial charge in [0.25, 0.3) is 11.8 Å². The van der Waals surface area contributed by atoms with Crippen LogP contribution in [-0.4, -0.2) is 24.1 Å². The molecule has 7 heteroatoms. The van der Waals surface area contributed by atoms with Gasteiger partial charge in [-0.15, -0.1) is 11.8 Å². The van der Waals surface area contributed by atoms with E-state index in [4.69, 9.17) is 23.2 Å². The highest BCUT2D eigenvalue weighted by molar-refractivity contribution is 7.98. The van der Waals surface area contributed by atoms with Crippen molar-refractivity contribution in [2.24, 2.45) is 0 Å². The molecular weight excluding hydrogens is 451 g/mol. The smallest absolute Gasteiger partial charge is 0.258 e. The van der Waals surface area contributed by atoms with Crippen LogP contribution in [0.4, 0.5) is 5.69 Å². The normalized spacial score (nSPS) is 11.6. The van der Waals surface area contributed by atoms with Gasteiger partial charge in [-0.2, -0.15) is 0 Å². The van der Waals surface area contributed by atoms with Crippen molar-refractivity contribution in [1.82, 2.24) is 5.32 Å². The third kappa shape index (κ3) is 6.03. The summed E-state index contributed by atoms with van der Waals surface area (Å²) in [7, 11) is 0. The van der Waals surface area contributed by atoms with E-state index in [1.807, 2.05) is 61.7 Å². The van der Waals surface area contributed by atoms with E-state index in [-0.39, 0.29) is 23.4 Å². The van der Waals surface area contributed by atoms with Crippen molar-refractivity contribution in [2.75, 3.05) is 11.6 Å². The van der Waals surface area contributed by atoms with Gasteiger partial charge in [-0.05, 0) is 61.6 Å². The molecule has 0 aromatic heterocycles. The van der Waals surface area contributed by atoms with Crippen molar-refractivity contribution in [3.8, 4) is 0 Å². The van der Waals surface area contributed by atoms with Gasteiger partial charge >= 0.3 is 0 Å². The van der Waals surface area contributed by atoms with Crippen LogP contribution in [0.1, 0.15) is 33.2 Å². The Bertz CT molecular complexity index is 1070. The van der Waals surface area contributed by atoms with Crippen molar-refractivity contribution in [3.05, 3.63) is 93.5 Å². The Kier molecular flexibility index (Phi) is 8.02. The van der Waals surface area contributed by atoms with Crippen LogP contribution in [0.5, 0.6) is 0 Å². The number of carbonyl (C=O) groups is 2. The molecule has 3 aromatic rings. The predicted molar refractivity (Wildman–Crippen MR) is 130 cm³/mol. The highest BCUT2D eigenvalue weighted by Gasteiger charge is 2.16. The number of carbonyl (C=O) groups excluding carboxylic acids is 2. The maximum Gasteiger partial charge on any atom is 0.258 e. The molecular formula is C24H22Cl2N2O2S. The number of thioether (sulfide) groups is 1. The molecule has 2 amide bonds. The van der Waals surface area contributed by atoms with E-state index in [9.17, 15) is 9.59 Å². The molecule has 0 aliphatic heterocycles. The first-order valence-electron chi connectivity index (χ1n) is 9.67. The number of anilines is 1. The van der Waals surface area contributed by atoms with Crippen LogP contribution >= 0.6 is 35.0 Å². The Morgan fingerprint density at radius 1 is 0.903 bits per heavy atom. The number of hydrogen-bond donors (Lipinski definition) is 2. The summed E-state index contributed by atoms with van der Waals surface area (Å²) < 4.78 is 0. The number of halogens is 2. The van der Waals surface area contributed by atoms with Gasteiger partial charge in [-0.1, -0.05) is 53.5 Å². The minimum absolute atomic E-state index is 0.0511. The summed E-state index contributed by atoms with van der Waals surface area (Å²) in [5.74, 6) is -0.450. The molecule has 1 atom stereocenters. The van der Waals surface area contributed by atoms with Gasteiger partial charge in [0.2, 0.25) is 0 Å². The zero-order chi connectivity index (χ0) is 22.4. The van der Waals surface area contributed by atoms with Crippen LogP contribution in [0.25, 0.3) is 0 Å². The lowest BCUT2D eigenvalue weighted by atomic mass is 10.1. The van der Waals surface area contributed by atoms with Gasteiger partial charge in [-0.25, -0.2) is 0 Å². The molecule has 160 valence electrons. The molecule has 0 saturated carbocycles. The summed E-state index contributed by atoms with van der Waals surface area (Å²) in [6.07, 6.45) is 2.62. The van der Waals surface area contributed by atoms with E-state index in [0.29, 0.717) is 27.7 Å². The molecule has 31 heavy (non-hydrogen) atoms. The van der Waals surface area contributed by atoms with Crippen LogP contribution in [0.3, 0.4) is 0 Å². The summed E-state index contributed by atoms with van der Waals surface area (Å²) in [4.78, 5) is 26.0. The lowest BCUT2D eigenvalue weighted by Crippen LogP contribution is -2.34. The van der Waals surface area contributed by atoms with Crippen molar-refractivity contribution < 1.29 is 9.59 Å². The second-order valence-corrected chi connectivity index (χ2v) is 8.69. The van der Waals surface area contributed by atoms with Crippen LogP contribution in [0.15, 0.2) is 71.6 Å². The quantitative estimate of drug-likeness (QED) is 0.395. The lowest BCUT2D eigenvalue weighted by molar-refractivity contribution is 0.0936. The molecule has 3 rings (SSSR count). The van der Waals surface area contributed by atoms with Crippen molar-refractivity contribution in [1.29, 1.82) is 0 Å².